The fourth-order valence-corrected chi connectivity index (χ4v) is 4.54. The lowest BCUT2D eigenvalue weighted by molar-refractivity contribution is 0.206. The molecule has 1 aliphatic heterocycles. The van der Waals surface area contributed by atoms with Gasteiger partial charge in [0, 0.05) is 36.6 Å². The molecule has 2 heterocycles. The predicted molar refractivity (Wildman–Crippen MR) is 110 cm³/mol. The quantitative estimate of drug-likeness (QED) is 0.651. The van der Waals surface area contributed by atoms with Gasteiger partial charge in [-0.3, -0.25) is 4.98 Å². The normalized spacial score (nSPS) is 24.3. The largest absolute Gasteiger partial charge is 0.493 e. The van der Waals surface area contributed by atoms with E-state index < -0.39 is 0 Å². The zero-order valence-corrected chi connectivity index (χ0v) is 16.0. The van der Waals surface area contributed by atoms with Gasteiger partial charge in [0.25, 0.3) is 0 Å². The number of nitrogens with zero attached hydrogens (tertiary/aromatic N) is 2. The minimum Gasteiger partial charge on any atom is -0.493 e. The van der Waals surface area contributed by atoms with E-state index in [1.807, 2.05) is 12.3 Å². The van der Waals surface area contributed by atoms with E-state index in [4.69, 9.17) is 4.74 Å². The van der Waals surface area contributed by atoms with Crippen LogP contribution in [-0.4, -0.2) is 35.6 Å². The highest BCUT2D eigenvalue weighted by Gasteiger charge is 2.56. The highest BCUT2D eigenvalue weighted by atomic mass is 16.5. The molecule has 2 atom stereocenters. The summed E-state index contributed by atoms with van der Waals surface area (Å²) in [4.78, 5) is 6.99. The van der Waals surface area contributed by atoms with Gasteiger partial charge in [-0.2, -0.15) is 0 Å². The Kier molecular flexibility index (Phi) is 4.13. The molecule has 2 aromatic carbocycles. The van der Waals surface area contributed by atoms with Gasteiger partial charge in [0.05, 0.1) is 12.1 Å². The van der Waals surface area contributed by atoms with Crippen LogP contribution in [0.15, 0.2) is 60.8 Å². The Morgan fingerprint density at radius 1 is 1.00 bits per heavy atom. The van der Waals surface area contributed by atoms with Crippen molar-refractivity contribution in [1.82, 2.24) is 9.88 Å². The van der Waals surface area contributed by atoms with Crippen molar-refractivity contribution in [3.8, 4) is 16.9 Å². The molecular weight excluding hydrogens is 332 g/mol. The smallest absolute Gasteiger partial charge is 0.119 e. The number of piperidine rings is 1. The number of fused-ring (bicyclic) bond motifs is 2. The molecule has 1 saturated heterocycles. The number of rotatable bonds is 5. The summed E-state index contributed by atoms with van der Waals surface area (Å²) in [5.74, 6) is 3.45. The minimum absolute atomic E-state index is 0.679. The van der Waals surface area contributed by atoms with E-state index in [1.165, 1.54) is 29.6 Å². The summed E-state index contributed by atoms with van der Waals surface area (Å²) < 4.78 is 6.09. The summed E-state index contributed by atoms with van der Waals surface area (Å²) in [5, 5.41) is 1.17. The summed E-state index contributed by atoms with van der Waals surface area (Å²) in [5.41, 5.74) is 3.46. The van der Waals surface area contributed by atoms with E-state index in [9.17, 15) is 0 Å². The molecule has 2 fully saturated rings. The van der Waals surface area contributed by atoms with Crippen molar-refractivity contribution in [2.45, 2.75) is 19.9 Å². The number of aromatic nitrogens is 1. The monoisotopic (exact) mass is 358 g/mol. The average molecular weight is 358 g/mol. The minimum atomic E-state index is 0.679. The van der Waals surface area contributed by atoms with Gasteiger partial charge in [0.15, 0.2) is 0 Å². The first kappa shape index (κ1) is 16.8. The molecule has 0 spiro atoms. The molecular formula is C24H26N2O. The molecule has 0 amide bonds. The highest BCUT2D eigenvalue weighted by molar-refractivity contribution is 5.84. The second-order valence-electron chi connectivity index (χ2n) is 8.29. The van der Waals surface area contributed by atoms with Gasteiger partial charge in [-0.1, -0.05) is 24.3 Å². The van der Waals surface area contributed by atoms with E-state index in [1.54, 1.807) is 0 Å². The number of likely N-dealkylation sites (tertiary alicyclic amines) is 1. The maximum atomic E-state index is 6.09. The van der Waals surface area contributed by atoms with Crippen LogP contribution >= 0.6 is 0 Å². The third-order valence-electron chi connectivity index (χ3n) is 6.36. The SMILES string of the molecule is CC(C)N1CC2C(COc3ccc(-c4ccc5ncccc5c4)cc3)C2C1. The first-order valence-electron chi connectivity index (χ1n) is 10.0. The molecule has 2 aliphatic rings. The van der Waals surface area contributed by atoms with Crippen LogP contribution in [0.2, 0.25) is 0 Å². The van der Waals surface area contributed by atoms with Crippen molar-refractivity contribution in [3.63, 3.8) is 0 Å². The van der Waals surface area contributed by atoms with Crippen LogP contribution in [0.1, 0.15) is 13.8 Å². The lowest BCUT2D eigenvalue weighted by Gasteiger charge is -2.23. The summed E-state index contributed by atoms with van der Waals surface area (Å²) in [6, 6.07) is 19.7. The van der Waals surface area contributed by atoms with Gasteiger partial charge in [0.2, 0.25) is 0 Å². The van der Waals surface area contributed by atoms with Crippen molar-refractivity contribution < 1.29 is 4.74 Å². The topological polar surface area (TPSA) is 25.4 Å². The van der Waals surface area contributed by atoms with E-state index >= 15 is 0 Å². The molecule has 1 aliphatic carbocycles. The first-order chi connectivity index (χ1) is 13.2. The van der Waals surface area contributed by atoms with Gasteiger partial charge in [-0.25, -0.2) is 0 Å². The Balaban J connectivity index is 1.21. The summed E-state index contributed by atoms with van der Waals surface area (Å²) in [7, 11) is 0. The zero-order chi connectivity index (χ0) is 18.4. The van der Waals surface area contributed by atoms with Crippen molar-refractivity contribution in [3.05, 3.63) is 60.8 Å². The van der Waals surface area contributed by atoms with Crippen LogP contribution in [0.3, 0.4) is 0 Å². The van der Waals surface area contributed by atoms with E-state index in [2.05, 4.69) is 72.3 Å². The third-order valence-corrected chi connectivity index (χ3v) is 6.36. The molecule has 0 bridgehead atoms. The third kappa shape index (κ3) is 3.21. The van der Waals surface area contributed by atoms with E-state index in [-0.39, 0.29) is 0 Å². The molecule has 2 unspecified atom stereocenters. The van der Waals surface area contributed by atoms with E-state index in [0.717, 1.165) is 35.6 Å². The summed E-state index contributed by atoms with van der Waals surface area (Å²) in [6.07, 6.45) is 1.84. The van der Waals surface area contributed by atoms with Crippen LogP contribution in [0.5, 0.6) is 5.75 Å². The Morgan fingerprint density at radius 3 is 2.48 bits per heavy atom. The molecule has 27 heavy (non-hydrogen) atoms. The molecule has 5 rings (SSSR count). The number of ether oxygens (including phenoxy) is 1. The van der Waals surface area contributed by atoms with Crippen molar-refractivity contribution in [2.75, 3.05) is 19.7 Å². The molecule has 1 aromatic heterocycles. The Hall–Kier alpha value is -2.39. The van der Waals surface area contributed by atoms with Gasteiger partial charge >= 0.3 is 0 Å². The van der Waals surface area contributed by atoms with Crippen LogP contribution < -0.4 is 4.74 Å². The number of pyridine rings is 1. The number of benzene rings is 2. The molecule has 0 N–H and O–H groups in total. The Labute approximate surface area is 161 Å². The Morgan fingerprint density at radius 2 is 1.74 bits per heavy atom. The van der Waals surface area contributed by atoms with Crippen LogP contribution in [0.4, 0.5) is 0 Å². The molecule has 0 radical (unpaired) electrons. The Bertz CT molecular complexity index is 938. The fourth-order valence-electron chi connectivity index (χ4n) is 4.54. The highest BCUT2D eigenvalue weighted by Crippen LogP contribution is 2.52. The summed E-state index contributed by atoms with van der Waals surface area (Å²) >= 11 is 0. The van der Waals surface area contributed by atoms with Crippen LogP contribution in [-0.2, 0) is 0 Å². The summed E-state index contributed by atoms with van der Waals surface area (Å²) in [6.45, 7) is 7.97. The molecule has 3 heteroatoms. The first-order valence-corrected chi connectivity index (χ1v) is 10.0. The van der Waals surface area contributed by atoms with Gasteiger partial charge in [0.1, 0.15) is 5.75 Å². The van der Waals surface area contributed by atoms with Crippen molar-refractivity contribution in [1.29, 1.82) is 0 Å². The van der Waals surface area contributed by atoms with Crippen molar-refractivity contribution in [2.24, 2.45) is 17.8 Å². The lowest BCUT2D eigenvalue weighted by Crippen LogP contribution is -2.31. The zero-order valence-electron chi connectivity index (χ0n) is 16.0. The second kappa shape index (κ2) is 6.65. The standard InChI is InChI=1S/C24H26N2O/c1-16(2)26-13-21-22(14-26)23(21)15-27-20-8-5-17(6-9-20)18-7-10-24-19(12-18)4-3-11-25-24/h3-12,16,21-23H,13-15H2,1-2H3. The molecule has 3 aromatic rings. The molecule has 138 valence electrons. The number of hydrogen-bond donors (Lipinski definition) is 0. The van der Waals surface area contributed by atoms with Crippen LogP contribution in [0.25, 0.3) is 22.0 Å². The van der Waals surface area contributed by atoms with Gasteiger partial charge in [-0.15, -0.1) is 0 Å². The maximum absolute atomic E-state index is 6.09. The second-order valence-corrected chi connectivity index (χ2v) is 8.29. The molecule has 3 nitrogen and oxygen atoms in total. The van der Waals surface area contributed by atoms with Gasteiger partial charge < -0.3 is 9.64 Å². The lowest BCUT2D eigenvalue weighted by atomic mass is 10.0. The van der Waals surface area contributed by atoms with Crippen LogP contribution in [0, 0.1) is 17.8 Å². The van der Waals surface area contributed by atoms with E-state index in [0.29, 0.717) is 6.04 Å². The fraction of sp³-hybridized carbons (Fsp3) is 0.375. The average Bonchev–Trinajstić information content (AvgIpc) is 3.14. The van der Waals surface area contributed by atoms with Crippen molar-refractivity contribution >= 4 is 10.9 Å². The maximum Gasteiger partial charge on any atom is 0.119 e. The number of hydrogen-bond acceptors (Lipinski definition) is 3. The van der Waals surface area contributed by atoms with Gasteiger partial charge in [-0.05, 0) is 67.1 Å². The predicted octanol–water partition coefficient (Wildman–Crippen LogP) is 4.87. The molecule has 1 saturated carbocycles.